The number of carbonyl (C=O) groups excluding carboxylic acids is 1. The lowest BCUT2D eigenvalue weighted by Gasteiger charge is -2.17. The first-order valence-corrected chi connectivity index (χ1v) is 9.63. The Morgan fingerprint density at radius 3 is 2.52 bits per heavy atom. The molecule has 4 aromatic rings. The van der Waals surface area contributed by atoms with Crippen LogP contribution in [0.1, 0.15) is 35.9 Å². The highest BCUT2D eigenvalue weighted by atomic mass is 16.3. The Morgan fingerprint density at radius 2 is 1.81 bits per heavy atom. The van der Waals surface area contributed by atoms with Gasteiger partial charge in [-0.1, -0.05) is 26.0 Å². The molecule has 0 saturated carbocycles. The summed E-state index contributed by atoms with van der Waals surface area (Å²) in [7, 11) is 2.86. The fourth-order valence-corrected chi connectivity index (χ4v) is 3.51. The first-order chi connectivity index (χ1) is 14.7. The quantitative estimate of drug-likeness (QED) is 0.543. The molecule has 3 heterocycles. The topological polar surface area (TPSA) is 116 Å². The minimum atomic E-state index is -0.687. The molecule has 0 aliphatic rings. The monoisotopic (exact) mass is 420 g/mol. The molecular weight excluding hydrogens is 400 g/mol. The van der Waals surface area contributed by atoms with Crippen molar-refractivity contribution in [3.8, 4) is 0 Å². The molecular formula is C22H20N4O5. The Morgan fingerprint density at radius 1 is 1.10 bits per heavy atom. The fourth-order valence-electron chi connectivity index (χ4n) is 3.51. The molecule has 1 N–H and O–H groups in total. The molecule has 0 aliphatic carbocycles. The van der Waals surface area contributed by atoms with Gasteiger partial charge in [0.2, 0.25) is 0 Å². The lowest BCUT2D eigenvalue weighted by atomic mass is 10.0. The van der Waals surface area contributed by atoms with Crippen molar-refractivity contribution in [3.63, 3.8) is 0 Å². The van der Waals surface area contributed by atoms with Gasteiger partial charge in [-0.3, -0.25) is 23.5 Å². The van der Waals surface area contributed by atoms with E-state index in [0.717, 1.165) is 10.6 Å². The zero-order valence-electron chi connectivity index (χ0n) is 17.4. The van der Waals surface area contributed by atoms with Crippen molar-refractivity contribution in [1.29, 1.82) is 0 Å². The summed E-state index contributed by atoms with van der Waals surface area (Å²) in [4.78, 5) is 54.9. The van der Waals surface area contributed by atoms with Crippen molar-refractivity contribution < 1.29 is 9.21 Å². The molecule has 0 spiro atoms. The number of amides is 1. The van der Waals surface area contributed by atoms with Crippen molar-refractivity contribution >= 4 is 33.6 Å². The van der Waals surface area contributed by atoms with E-state index in [-0.39, 0.29) is 39.4 Å². The minimum Gasteiger partial charge on any atom is -0.451 e. The third-order valence-electron chi connectivity index (χ3n) is 5.22. The van der Waals surface area contributed by atoms with Crippen LogP contribution in [0.2, 0.25) is 0 Å². The van der Waals surface area contributed by atoms with Crippen LogP contribution in [0.3, 0.4) is 0 Å². The highest BCUT2D eigenvalue weighted by molar-refractivity contribution is 6.08. The van der Waals surface area contributed by atoms with E-state index in [0.29, 0.717) is 10.9 Å². The lowest BCUT2D eigenvalue weighted by molar-refractivity contribution is 0.0997. The maximum atomic E-state index is 13.0. The molecule has 0 fully saturated rings. The highest BCUT2D eigenvalue weighted by Crippen LogP contribution is 2.29. The first kappa shape index (κ1) is 20.3. The Kier molecular flexibility index (Phi) is 4.81. The van der Waals surface area contributed by atoms with Crippen LogP contribution in [0.25, 0.3) is 22.0 Å². The second kappa shape index (κ2) is 7.35. The van der Waals surface area contributed by atoms with Crippen molar-refractivity contribution in [2.45, 2.75) is 19.8 Å². The molecule has 0 aliphatic heterocycles. The number of rotatable bonds is 3. The first-order valence-electron chi connectivity index (χ1n) is 9.63. The van der Waals surface area contributed by atoms with Crippen molar-refractivity contribution in [2.75, 3.05) is 5.32 Å². The van der Waals surface area contributed by atoms with E-state index >= 15 is 0 Å². The lowest BCUT2D eigenvalue weighted by Crippen LogP contribution is -2.38. The van der Waals surface area contributed by atoms with Gasteiger partial charge in [0.1, 0.15) is 11.0 Å². The average Bonchev–Trinajstić information content (AvgIpc) is 2.75. The number of para-hydroxylation sites is 1. The van der Waals surface area contributed by atoms with Crippen LogP contribution in [0, 0.1) is 0 Å². The standard InChI is InChI=1S/C22H20N4O5/c1-11(2)13-10-23-19-17(21(29)26(4)22(30)25(19)3)18(13)24-20(28)16-9-14(27)12-7-5-6-8-15(12)31-16/h5-11H,1-4H3,(H,23,24,28). The molecule has 0 atom stereocenters. The Hall–Kier alpha value is -4.01. The van der Waals surface area contributed by atoms with E-state index in [1.54, 1.807) is 24.3 Å². The van der Waals surface area contributed by atoms with Gasteiger partial charge in [-0.25, -0.2) is 9.78 Å². The van der Waals surface area contributed by atoms with E-state index in [1.807, 2.05) is 13.8 Å². The second-order valence-electron chi connectivity index (χ2n) is 7.57. The predicted molar refractivity (Wildman–Crippen MR) is 117 cm³/mol. The number of fused-ring (bicyclic) bond motifs is 2. The molecule has 3 aromatic heterocycles. The van der Waals surface area contributed by atoms with E-state index in [2.05, 4.69) is 10.3 Å². The van der Waals surface area contributed by atoms with E-state index in [9.17, 15) is 19.2 Å². The van der Waals surface area contributed by atoms with Gasteiger partial charge in [0, 0.05) is 26.4 Å². The molecule has 0 unspecified atom stereocenters. The summed E-state index contributed by atoms with van der Waals surface area (Å²) in [6, 6.07) is 7.73. The van der Waals surface area contributed by atoms with E-state index in [1.165, 1.54) is 24.9 Å². The number of aromatic nitrogens is 3. The zero-order valence-corrected chi connectivity index (χ0v) is 17.4. The summed E-state index contributed by atoms with van der Waals surface area (Å²) in [6.45, 7) is 3.78. The maximum absolute atomic E-state index is 13.0. The number of carbonyl (C=O) groups is 1. The highest BCUT2D eigenvalue weighted by Gasteiger charge is 2.22. The number of hydrogen-bond acceptors (Lipinski definition) is 6. The molecule has 0 bridgehead atoms. The maximum Gasteiger partial charge on any atom is 0.332 e. The van der Waals surface area contributed by atoms with Crippen molar-refractivity contribution in [2.24, 2.45) is 14.1 Å². The zero-order chi connectivity index (χ0) is 22.4. The summed E-state index contributed by atoms with van der Waals surface area (Å²) in [5, 5.41) is 3.18. The molecule has 0 saturated heterocycles. The summed E-state index contributed by atoms with van der Waals surface area (Å²) >= 11 is 0. The van der Waals surface area contributed by atoms with Crippen molar-refractivity contribution in [3.05, 3.63) is 78.9 Å². The van der Waals surface area contributed by atoms with Gasteiger partial charge >= 0.3 is 5.69 Å². The number of anilines is 1. The van der Waals surface area contributed by atoms with E-state index < -0.39 is 17.2 Å². The minimum absolute atomic E-state index is 0.0854. The SMILES string of the molecule is CC(C)c1cnc2c(c1NC(=O)c1cc(=O)c3ccccc3o1)c(=O)n(C)c(=O)n2C. The van der Waals surface area contributed by atoms with Gasteiger partial charge in [-0.2, -0.15) is 0 Å². The molecule has 0 radical (unpaired) electrons. The third-order valence-corrected chi connectivity index (χ3v) is 5.22. The number of benzene rings is 1. The fraction of sp³-hybridized carbons (Fsp3) is 0.227. The van der Waals surface area contributed by atoms with Crippen molar-refractivity contribution in [1.82, 2.24) is 14.1 Å². The van der Waals surface area contributed by atoms with Crippen LogP contribution in [0.5, 0.6) is 0 Å². The number of nitrogens with one attached hydrogen (secondary N) is 1. The Bertz CT molecular complexity index is 1540. The van der Waals surface area contributed by atoms with Gasteiger partial charge in [0.25, 0.3) is 11.5 Å². The van der Waals surface area contributed by atoms with Gasteiger partial charge in [0.15, 0.2) is 16.8 Å². The van der Waals surface area contributed by atoms with Gasteiger partial charge in [-0.05, 0) is 23.6 Å². The number of nitrogens with zero attached hydrogens (tertiary/aromatic N) is 3. The number of hydrogen-bond donors (Lipinski definition) is 1. The summed E-state index contributed by atoms with van der Waals surface area (Å²) < 4.78 is 7.82. The van der Waals surface area contributed by atoms with Crippen LogP contribution in [0.4, 0.5) is 5.69 Å². The van der Waals surface area contributed by atoms with E-state index in [4.69, 9.17) is 4.42 Å². The second-order valence-corrected chi connectivity index (χ2v) is 7.57. The Labute approximate surface area is 175 Å². The normalized spacial score (nSPS) is 11.4. The van der Waals surface area contributed by atoms with Crippen LogP contribution in [-0.4, -0.2) is 20.0 Å². The van der Waals surface area contributed by atoms with Crippen LogP contribution in [0.15, 0.2) is 55.3 Å². The predicted octanol–water partition coefficient (Wildman–Crippen LogP) is 2.11. The van der Waals surface area contributed by atoms with Crippen LogP contribution >= 0.6 is 0 Å². The Balaban J connectivity index is 1.94. The molecule has 4 rings (SSSR count). The van der Waals surface area contributed by atoms with Crippen LogP contribution < -0.4 is 22.0 Å². The molecule has 1 aromatic carbocycles. The molecule has 1 amide bonds. The summed E-state index contributed by atoms with van der Waals surface area (Å²) in [5.41, 5.74) is -0.191. The molecule has 9 heteroatoms. The largest absolute Gasteiger partial charge is 0.451 e. The summed E-state index contributed by atoms with van der Waals surface area (Å²) in [5.74, 6) is -0.962. The van der Waals surface area contributed by atoms with Gasteiger partial charge in [0.05, 0.1) is 11.1 Å². The molecule has 31 heavy (non-hydrogen) atoms. The van der Waals surface area contributed by atoms with Gasteiger partial charge in [-0.15, -0.1) is 0 Å². The van der Waals surface area contributed by atoms with Gasteiger partial charge < -0.3 is 9.73 Å². The summed E-state index contributed by atoms with van der Waals surface area (Å²) in [6.07, 6.45) is 1.53. The molecule has 158 valence electrons. The number of aryl methyl sites for hydroxylation is 1. The smallest absolute Gasteiger partial charge is 0.332 e. The molecule has 9 nitrogen and oxygen atoms in total. The average molecular weight is 420 g/mol. The number of pyridine rings is 1. The third kappa shape index (κ3) is 3.24. The van der Waals surface area contributed by atoms with Crippen LogP contribution in [-0.2, 0) is 14.1 Å².